The van der Waals surface area contributed by atoms with Crippen LogP contribution < -0.4 is 10.1 Å². The lowest BCUT2D eigenvalue weighted by Crippen LogP contribution is -2.57. The summed E-state index contributed by atoms with van der Waals surface area (Å²) in [7, 11) is 3.05. The molecule has 146 valence electrons. The number of fused-ring (bicyclic) bond motifs is 3. The van der Waals surface area contributed by atoms with E-state index in [1.54, 1.807) is 7.11 Å². The molecule has 6 heteroatoms. The number of carbonyl (C=O) groups excluding carboxylic acids is 2. The maximum Gasteiger partial charge on any atom is 0.305 e. The molecule has 6 nitrogen and oxygen atoms in total. The number of rotatable bonds is 4. The van der Waals surface area contributed by atoms with Gasteiger partial charge in [0.15, 0.2) is 5.78 Å². The number of anilines is 1. The van der Waals surface area contributed by atoms with Crippen LogP contribution in [0.15, 0.2) is 18.2 Å². The third-order valence-corrected chi connectivity index (χ3v) is 6.88. The van der Waals surface area contributed by atoms with Crippen molar-refractivity contribution in [3.63, 3.8) is 0 Å². The molecule has 0 amide bonds. The van der Waals surface area contributed by atoms with Crippen LogP contribution in [0.2, 0.25) is 0 Å². The summed E-state index contributed by atoms with van der Waals surface area (Å²) in [5.74, 6) is 1.32. The number of hydrogen-bond donors (Lipinski definition) is 1. The van der Waals surface area contributed by atoms with Crippen LogP contribution in [0, 0.1) is 11.8 Å². The predicted molar refractivity (Wildman–Crippen MR) is 102 cm³/mol. The molecule has 3 heterocycles. The molecule has 0 radical (unpaired) electrons. The Labute approximate surface area is 160 Å². The molecule has 3 unspecified atom stereocenters. The Kier molecular flexibility index (Phi) is 4.62. The van der Waals surface area contributed by atoms with Crippen molar-refractivity contribution in [1.82, 2.24) is 4.90 Å². The highest BCUT2D eigenvalue weighted by molar-refractivity contribution is 6.16. The molecule has 1 aromatic rings. The van der Waals surface area contributed by atoms with Crippen molar-refractivity contribution in [3.8, 4) is 5.75 Å². The maximum absolute atomic E-state index is 13.5. The van der Waals surface area contributed by atoms with Crippen LogP contribution in [0.3, 0.4) is 0 Å². The lowest BCUT2D eigenvalue weighted by atomic mass is 9.73. The minimum absolute atomic E-state index is 0.0968. The molecule has 1 aromatic carbocycles. The third-order valence-electron chi connectivity index (χ3n) is 6.88. The van der Waals surface area contributed by atoms with E-state index in [2.05, 4.69) is 17.1 Å². The number of carbonyl (C=O) groups is 2. The Morgan fingerprint density at radius 1 is 1.33 bits per heavy atom. The highest BCUT2D eigenvalue weighted by Crippen LogP contribution is 2.49. The Morgan fingerprint density at radius 2 is 2.15 bits per heavy atom. The largest absolute Gasteiger partial charge is 0.496 e. The third kappa shape index (κ3) is 2.73. The maximum atomic E-state index is 13.5. The van der Waals surface area contributed by atoms with Crippen molar-refractivity contribution >= 4 is 17.4 Å². The summed E-state index contributed by atoms with van der Waals surface area (Å²) in [4.78, 5) is 27.9. The molecule has 1 spiro atoms. The number of piperidine rings is 1. The quantitative estimate of drug-likeness (QED) is 0.820. The van der Waals surface area contributed by atoms with Crippen LogP contribution >= 0.6 is 0 Å². The molecule has 27 heavy (non-hydrogen) atoms. The van der Waals surface area contributed by atoms with Crippen molar-refractivity contribution in [2.45, 2.75) is 44.2 Å². The van der Waals surface area contributed by atoms with Crippen LogP contribution in [-0.2, 0) is 9.53 Å². The van der Waals surface area contributed by atoms with Crippen LogP contribution in [0.4, 0.5) is 5.69 Å². The molecule has 0 saturated carbocycles. The fourth-order valence-corrected chi connectivity index (χ4v) is 5.43. The van der Waals surface area contributed by atoms with Crippen molar-refractivity contribution in [2.75, 3.05) is 32.6 Å². The Balaban J connectivity index is 1.65. The van der Waals surface area contributed by atoms with Gasteiger partial charge in [0, 0.05) is 31.2 Å². The number of ether oxygens (including phenoxy) is 2. The number of ketones is 1. The predicted octanol–water partition coefficient (Wildman–Crippen LogP) is 2.73. The van der Waals surface area contributed by atoms with E-state index < -0.39 is 5.54 Å². The zero-order chi connectivity index (χ0) is 19.2. The van der Waals surface area contributed by atoms with E-state index in [9.17, 15) is 9.59 Å². The van der Waals surface area contributed by atoms with Gasteiger partial charge in [-0.3, -0.25) is 14.5 Å². The van der Waals surface area contributed by atoms with Gasteiger partial charge in [-0.1, -0.05) is 19.4 Å². The Hall–Kier alpha value is -2.08. The molecule has 2 saturated heterocycles. The second kappa shape index (κ2) is 6.82. The zero-order valence-electron chi connectivity index (χ0n) is 16.3. The molecule has 0 aliphatic carbocycles. The highest BCUT2D eigenvalue weighted by Gasteiger charge is 2.59. The number of methoxy groups -OCH3 is 2. The topological polar surface area (TPSA) is 67.9 Å². The second-order valence-corrected chi connectivity index (χ2v) is 8.01. The molecule has 1 N–H and O–H groups in total. The van der Waals surface area contributed by atoms with E-state index in [4.69, 9.17) is 9.47 Å². The molecular weight excluding hydrogens is 344 g/mol. The van der Waals surface area contributed by atoms with Gasteiger partial charge in [0.25, 0.3) is 0 Å². The molecule has 4 rings (SSSR count). The molecule has 3 aliphatic heterocycles. The van der Waals surface area contributed by atoms with Crippen molar-refractivity contribution in [2.24, 2.45) is 11.8 Å². The Bertz CT molecular complexity index is 765. The molecule has 0 aromatic heterocycles. The van der Waals surface area contributed by atoms with Gasteiger partial charge in [0.2, 0.25) is 0 Å². The van der Waals surface area contributed by atoms with E-state index >= 15 is 0 Å². The standard InChI is InChI=1S/C21H28N2O4/c1-4-13-12-23-9-8-21(17(23)10-14(13)11-18(24)27-3)20(25)19-15(22-21)6-5-7-16(19)26-2/h5-7,13-14,17,22H,4,8-12H2,1-3H3/t13?,14-,17?,21?/m0/s1. The number of nitrogens with one attached hydrogen (secondary N) is 1. The summed E-state index contributed by atoms with van der Waals surface area (Å²) in [6, 6.07) is 5.81. The van der Waals surface area contributed by atoms with Crippen LogP contribution in [-0.4, -0.2) is 55.5 Å². The van der Waals surface area contributed by atoms with E-state index in [0.717, 1.165) is 38.0 Å². The van der Waals surface area contributed by atoms with E-state index in [1.807, 2.05) is 18.2 Å². The zero-order valence-corrected chi connectivity index (χ0v) is 16.3. The van der Waals surface area contributed by atoms with Crippen LogP contribution in [0.25, 0.3) is 0 Å². The van der Waals surface area contributed by atoms with Gasteiger partial charge in [0.1, 0.15) is 11.3 Å². The summed E-state index contributed by atoms with van der Waals surface area (Å²) in [5.41, 5.74) is 0.927. The number of nitrogens with zero attached hydrogens (tertiary/aromatic N) is 1. The van der Waals surface area contributed by atoms with E-state index in [0.29, 0.717) is 23.7 Å². The van der Waals surface area contributed by atoms with Crippen LogP contribution in [0.1, 0.15) is 43.0 Å². The lowest BCUT2D eigenvalue weighted by molar-refractivity contribution is -0.143. The summed E-state index contributed by atoms with van der Waals surface area (Å²) in [6.45, 7) is 4.02. The fraction of sp³-hybridized carbons (Fsp3) is 0.619. The minimum atomic E-state index is -0.607. The van der Waals surface area contributed by atoms with Crippen molar-refractivity contribution in [1.29, 1.82) is 0 Å². The minimum Gasteiger partial charge on any atom is -0.496 e. The SMILES string of the molecule is CCC1CN2CCC3(Nc4cccc(OC)c4C3=O)C2C[C@H]1CC(=O)OC. The normalized spacial score (nSPS) is 32.1. The van der Waals surface area contributed by atoms with Gasteiger partial charge >= 0.3 is 5.97 Å². The van der Waals surface area contributed by atoms with Gasteiger partial charge in [-0.05, 0) is 36.8 Å². The Morgan fingerprint density at radius 3 is 2.85 bits per heavy atom. The average Bonchev–Trinajstić information content (AvgIpc) is 3.19. The smallest absolute Gasteiger partial charge is 0.305 e. The number of hydrogen-bond acceptors (Lipinski definition) is 6. The van der Waals surface area contributed by atoms with Gasteiger partial charge < -0.3 is 14.8 Å². The summed E-state index contributed by atoms with van der Waals surface area (Å²) < 4.78 is 10.4. The number of benzene rings is 1. The van der Waals surface area contributed by atoms with Gasteiger partial charge in [-0.2, -0.15) is 0 Å². The van der Waals surface area contributed by atoms with Gasteiger partial charge in [-0.15, -0.1) is 0 Å². The molecule has 0 bridgehead atoms. The first kappa shape index (κ1) is 18.3. The van der Waals surface area contributed by atoms with Crippen molar-refractivity contribution in [3.05, 3.63) is 23.8 Å². The van der Waals surface area contributed by atoms with Gasteiger partial charge in [0.05, 0.1) is 19.8 Å². The van der Waals surface area contributed by atoms with Crippen LogP contribution in [0.5, 0.6) is 5.75 Å². The van der Waals surface area contributed by atoms with Crippen molar-refractivity contribution < 1.29 is 19.1 Å². The number of esters is 1. The average molecular weight is 372 g/mol. The first-order valence-corrected chi connectivity index (χ1v) is 9.85. The van der Waals surface area contributed by atoms with E-state index in [1.165, 1.54) is 7.11 Å². The molecule has 4 atom stereocenters. The van der Waals surface area contributed by atoms with E-state index in [-0.39, 0.29) is 23.7 Å². The van der Waals surface area contributed by atoms with Gasteiger partial charge in [-0.25, -0.2) is 0 Å². The second-order valence-electron chi connectivity index (χ2n) is 8.01. The fourth-order valence-electron chi connectivity index (χ4n) is 5.43. The molecule has 3 aliphatic rings. The first-order valence-electron chi connectivity index (χ1n) is 9.85. The molecule has 2 fully saturated rings. The summed E-state index contributed by atoms with van der Waals surface area (Å²) in [6.07, 6.45) is 3.09. The summed E-state index contributed by atoms with van der Waals surface area (Å²) in [5, 5.41) is 3.57. The first-order chi connectivity index (χ1) is 13.0. The lowest BCUT2D eigenvalue weighted by Gasteiger charge is -2.44. The number of Topliss-reactive ketones (excluding diaryl/α,β-unsaturated/α-hetero) is 1. The highest BCUT2D eigenvalue weighted by atomic mass is 16.5. The monoisotopic (exact) mass is 372 g/mol. The molecular formula is C21H28N2O4. The summed E-state index contributed by atoms with van der Waals surface area (Å²) >= 11 is 0.